The van der Waals surface area contributed by atoms with Crippen LogP contribution in [-0.2, 0) is 9.53 Å². The Morgan fingerprint density at radius 2 is 2.21 bits per heavy atom. The number of aliphatic hydroxyl groups is 1. The molecule has 0 saturated carbocycles. The number of carbonyl (C=O) groups is 1. The smallest absolute Gasteiger partial charge is 0.377 e. The number of aliphatic carboxylic acids is 1. The van der Waals surface area contributed by atoms with Crippen LogP contribution in [0, 0.1) is 5.92 Å². The summed E-state index contributed by atoms with van der Waals surface area (Å²) in [4.78, 5) is 10.2. The van der Waals surface area contributed by atoms with Gasteiger partial charge in [-0.3, -0.25) is 0 Å². The minimum Gasteiger partial charge on any atom is -0.477 e. The molecule has 0 bridgehead atoms. The molecule has 0 aromatic carbocycles. The number of halogens is 2. The number of hydrogen-bond donors (Lipinski definition) is 2. The van der Waals surface area contributed by atoms with Gasteiger partial charge in [-0.2, -0.15) is 8.78 Å². The molecule has 0 aromatic rings. The Bertz CT molecular complexity index is 213. The van der Waals surface area contributed by atoms with E-state index in [9.17, 15) is 13.6 Å². The van der Waals surface area contributed by atoms with Crippen LogP contribution in [0.3, 0.4) is 0 Å². The van der Waals surface area contributed by atoms with Gasteiger partial charge in [0.25, 0.3) is 0 Å². The molecule has 0 aromatic heterocycles. The summed E-state index contributed by atoms with van der Waals surface area (Å²) in [5.41, 5.74) is 0. The molecule has 2 unspecified atom stereocenters. The Kier molecular flexibility index (Phi) is 3.38. The van der Waals surface area contributed by atoms with Gasteiger partial charge in [0.15, 0.2) is 0 Å². The molecule has 0 spiro atoms. The molecule has 0 aliphatic carbocycles. The zero-order chi connectivity index (χ0) is 10.8. The lowest BCUT2D eigenvalue weighted by molar-refractivity contribution is -0.192. The van der Waals surface area contributed by atoms with Crippen LogP contribution in [0.1, 0.15) is 12.8 Å². The number of alkyl halides is 2. The Balaban J connectivity index is 2.62. The lowest BCUT2D eigenvalue weighted by Gasteiger charge is -2.29. The van der Waals surface area contributed by atoms with Crippen LogP contribution >= 0.6 is 0 Å². The van der Waals surface area contributed by atoms with E-state index in [1.54, 1.807) is 0 Å². The summed E-state index contributed by atoms with van der Waals surface area (Å²) in [5.74, 6) is -7.18. The summed E-state index contributed by atoms with van der Waals surface area (Å²) < 4.78 is 30.5. The predicted molar refractivity (Wildman–Crippen MR) is 42.1 cm³/mol. The van der Waals surface area contributed by atoms with Crippen molar-refractivity contribution in [3.8, 4) is 0 Å². The highest BCUT2D eigenvalue weighted by Crippen LogP contribution is 2.29. The summed E-state index contributed by atoms with van der Waals surface area (Å²) in [6, 6.07) is 0. The van der Waals surface area contributed by atoms with Gasteiger partial charge in [-0.05, 0) is 12.8 Å². The molecular formula is C8H12F2O4. The SMILES string of the molecule is O=C(O)C(F)(F)C(O)C1CCCOC1. The number of carboxylic acids is 1. The van der Waals surface area contributed by atoms with E-state index in [0.717, 1.165) is 0 Å². The van der Waals surface area contributed by atoms with E-state index in [-0.39, 0.29) is 6.61 Å². The molecule has 1 aliphatic rings. The van der Waals surface area contributed by atoms with Gasteiger partial charge in [-0.25, -0.2) is 4.79 Å². The van der Waals surface area contributed by atoms with E-state index >= 15 is 0 Å². The number of hydrogen-bond acceptors (Lipinski definition) is 3. The number of aliphatic hydroxyl groups excluding tert-OH is 1. The van der Waals surface area contributed by atoms with Gasteiger partial charge in [-0.1, -0.05) is 0 Å². The third kappa shape index (κ3) is 2.19. The van der Waals surface area contributed by atoms with Crippen LogP contribution in [0.25, 0.3) is 0 Å². The Labute approximate surface area is 79.5 Å². The normalized spacial score (nSPS) is 25.8. The average Bonchev–Trinajstić information content (AvgIpc) is 2.17. The van der Waals surface area contributed by atoms with Crippen molar-refractivity contribution in [1.29, 1.82) is 0 Å². The predicted octanol–water partition coefficient (Wildman–Crippen LogP) is 0.494. The highest BCUT2D eigenvalue weighted by molar-refractivity contribution is 5.76. The van der Waals surface area contributed by atoms with E-state index in [1.807, 2.05) is 0 Å². The molecule has 1 rings (SSSR count). The second-order valence-corrected chi connectivity index (χ2v) is 3.35. The maximum Gasteiger partial charge on any atom is 0.377 e. The minimum atomic E-state index is -4.09. The maximum atomic E-state index is 12.8. The van der Waals surface area contributed by atoms with Gasteiger partial charge in [0.05, 0.1) is 6.61 Å². The van der Waals surface area contributed by atoms with Crippen molar-refractivity contribution < 1.29 is 28.5 Å². The van der Waals surface area contributed by atoms with Gasteiger partial charge in [0.1, 0.15) is 6.10 Å². The molecule has 2 N–H and O–H groups in total. The van der Waals surface area contributed by atoms with Crippen LogP contribution in [0.5, 0.6) is 0 Å². The van der Waals surface area contributed by atoms with Crippen LogP contribution in [0.4, 0.5) is 8.78 Å². The molecule has 1 saturated heterocycles. The van der Waals surface area contributed by atoms with E-state index < -0.39 is 23.9 Å². The van der Waals surface area contributed by atoms with E-state index in [0.29, 0.717) is 19.4 Å². The molecule has 14 heavy (non-hydrogen) atoms. The van der Waals surface area contributed by atoms with Crippen molar-refractivity contribution in [2.45, 2.75) is 24.9 Å². The van der Waals surface area contributed by atoms with Gasteiger partial charge in [0, 0.05) is 12.5 Å². The van der Waals surface area contributed by atoms with Crippen molar-refractivity contribution in [3.63, 3.8) is 0 Å². The fraction of sp³-hybridized carbons (Fsp3) is 0.875. The van der Waals surface area contributed by atoms with Crippen molar-refractivity contribution in [1.82, 2.24) is 0 Å². The molecular weight excluding hydrogens is 198 g/mol. The lowest BCUT2D eigenvalue weighted by atomic mass is 9.92. The Hall–Kier alpha value is -0.750. The van der Waals surface area contributed by atoms with Crippen molar-refractivity contribution >= 4 is 5.97 Å². The monoisotopic (exact) mass is 210 g/mol. The first-order valence-electron chi connectivity index (χ1n) is 4.33. The lowest BCUT2D eigenvalue weighted by Crippen LogP contribution is -2.47. The highest BCUT2D eigenvalue weighted by atomic mass is 19.3. The van der Waals surface area contributed by atoms with Gasteiger partial charge >= 0.3 is 11.9 Å². The molecule has 1 heterocycles. The van der Waals surface area contributed by atoms with E-state index in [4.69, 9.17) is 14.9 Å². The quantitative estimate of drug-likeness (QED) is 0.711. The summed E-state index contributed by atoms with van der Waals surface area (Å²) in [5, 5.41) is 17.4. The van der Waals surface area contributed by atoms with Gasteiger partial charge in [0.2, 0.25) is 0 Å². The van der Waals surface area contributed by atoms with Crippen LogP contribution < -0.4 is 0 Å². The zero-order valence-electron chi connectivity index (χ0n) is 7.45. The standard InChI is InChI=1S/C8H12F2O4/c9-8(10,7(12)13)6(11)5-2-1-3-14-4-5/h5-6,11H,1-4H2,(H,12,13). The summed E-state index contributed by atoms with van der Waals surface area (Å²) in [6.07, 6.45) is -1.23. The fourth-order valence-corrected chi connectivity index (χ4v) is 1.44. The summed E-state index contributed by atoms with van der Waals surface area (Å²) in [6.45, 7) is 0.464. The molecule has 0 radical (unpaired) electrons. The molecule has 6 heteroatoms. The molecule has 4 nitrogen and oxygen atoms in total. The van der Waals surface area contributed by atoms with Crippen molar-refractivity contribution in [2.24, 2.45) is 5.92 Å². The maximum absolute atomic E-state index is 12.8. The molecule has 1 fully saturated rings. The number of ether oxygens (including phenoxy) is 1. The second kappa shape index (κ2) is 4.18. The third-order valence-electron chi connectivity index (χ3n) is 2.30. The summed E-state index contributed by atoms with van der Waals surface area (Å²) in [7, 11) is 0. The molecule has 1 aliphatic heterocycles. The van der Waals surface area contributed by atoms with E-state index in [2.05, 4.69) is 0 Å². The van der Waals surface area contributed by atoms with Crippen LogP contribution in [0.15, 0.2) is 0 Å². The first-order chi connectivity index (χ1) is 6.46. The Morgan fingerprint density at radius 3 is 2.64 bits per heavy atom. The minimum absolute atomic E-state index is 0.00988. The highest BCUT2D eigenvalue weighted by Gasteiger charge is 2.50. The topological polar surface area (TPSA) is 66.8 Å². The molecule has 0 amide bonds. The molecule has 2 atom stereocenters. The Morgan fingerprint density at radius 1 is 1.57 bits per heavy atom. The summed E-state index contributed by atoms with van der Waals surface area (Å²) >= 11 is 0. The van der Waals surface area contributed by atoms with E-state index in [1.165, 1.54) is 0 Å². The fourth-order valence-electron chi connectivity index (χ4n) is 1.44. The number of rotatable bonds is 3. The molecule has 82 valence electrons. The second-order valence-electron chi connectivity index (χ2n) is 3.35. The number of carboxylic acid groups (broad SMARTS) is 1. The first-order valence-corrected chi connectivity index (χ1v) is 4.33. The largest absolute Gasteiger partial charge is 0.477 e. The first kappa shape index (κ1) is 11.3. The van der Waals surface area contributed by atoms with Crippen molar-refractivity contribution in [2.75, 3.05) is 13.2 Å². The van der Waals surface area contributed by atoms with Crippen LogP contribution in [-0.4, -0.2) is 41.4 Å². The average molecular weight is 210 g/mol. The third-order valence-corrected chi connectivity index (χ3v) is 2.30. The van der Waals surface area contributed by atoms with Crippen LogP contribution in [0.2, 0.25) is 0 Å². The zero-order valence-corrected chi connectivity index (χ0v) is 7.45. The van der Waals surface area contributed by atoms with Gasteiger partial charge in [-0.15, -0.1) is 0 Å². The van der Waals surface area contributed by atoms with Crippen molar-refractivity contribution in [3.05, 3.63) is 0 Å². The van der Waals surface area contributed by atoms with Gasteiger partial charge < -0.3 is 14.9 Å².